The summed E-state index contributed by atoms with van der Waals surface area (Å²) in [5.74, 6) is 1.33. The summed E-state index contributed by atoms with van der Waals surface area (Å²) in [6.45, 7) is 7.80. The molecule has 0 amide bonds. The maximum absolute atomic E-state index is 5.91. The molecule has 4 nitrogen and oxygen atoms in total. The third-order valence-corrected chi connectivity index (χ3v) is 4.25. The van der Waals surface area contributed by atoms with E-state index in [9.17, 15) is 0 Å². The molecule has 0 radical (unpaired) electrons. The van der Waals surface area contributed by atoms with Crippen molar-refractivity contribution in [1.29, 1.82) is 0 Å². The fourth-order valence-corrected chi connectivity index (χ4v) is 2.75. The van der Waals surface area contributed by atoms with Gasteiger partial charge in [-0.15, -0.1) is 0 Å². The number of hydrogen-bond donors (Lipinski definition) is 0. The summed E-state index contributed by atoms with van der Waals surface area (Å²) in [6, 6.07) is 16.0. The SMILES string of the molecule is C=C1OB(c2ccc3nc(Cc4ccccc4)oc3c2)OC1(C)C. The van der Waals surface area contributed by atoms with Gasteiger partial charge in [0.25, 0.3) is 0 Å². The Labute approximate surface area is 141 Å². The molecule has 2 heterocycles. The van der Waals surface area contributed by atoms with Crippen molar-refractivity contribution in [2.45, 2.75) is 25.9 Å². The fourth-order valence-electron chi connectivity index (χ4n) is 2.75. The van der Waals surface area contributed by atoms with Crippen molar-refractivity contribution in [2.75, 3.05) is 0 Å². The molecule has 24 heavy (non-hydrogen) atoms. The predicted molar refractivity (Wildman–Crippen MR) is 94.0 cm³/mol. The van der Waals surface area contributed by atoms with Gasteiger partial charge in [0.2, 0.25) is 0 Å². The van der Waals surface area contributed by atoms with E-state index >= 15 is 0 Å². The van der Waals surface area contributed by atoms with E-state index in [0.717, 1.165) is 16.6 Å². The molecule has 0 unspecified atom stereocenters. The van der Waals surface area contributed by atoms with E-state index in [1.165, 1.54) is 5.56 Å². The normalized spacial score (nSPS) is 16.6. The number of benzene rings is 2. The Morgan fingerprint density at radius 1 is 1.12 bits per heavy atom. The summed E-state index contributed by atoms with van der Waals surface area (Å²) in [6.07, 6.45) is 0.672. The van der Waals surface area contributed by atoms with Crippen molar-refractivity contribution in [3.63, 3.8) is 0 Å². The fraction of sp³-hybridized carbons (Fsp3) is 0.211. The van der Waals surface area contributed by atoms with Gasteiger partial charge in [0, 0.05) is 11.9 Å². The number of rotatable bonds is 3. The Morgan fingerprint density at radius 2 is 1.92 bits per heavy atom. The molecule has 1 saturated heterocycles. The topological polar surface area (TPSA) is 44.5 Å². The van der Waals surface area contributed by atoms with E-state index in [4.69, 9.17) is 13.7 Å². The summed E-state index contributed by atoms with van der Waals surface area (Å²) in [4.78, 5) is 4.55. The molecule has 1 aromatic heterocycles. The van der Waals surface area contributed by atoms with Gasteiger partial charge in [0.15, 0.2) is 11.5 Å². The highest BCUT2D eigenvalue weighted by molar-refractivity contribution is 6.62. The Bertz CT molecular complexity index is 901. The van der Waals surface area contributed by atoms with Crippen molar-refractivity contribution in [3.05, 3.63) is 72.3 Å². The lowest BCUT2D eigenvalue weighted by Crippen LogP contribution is -2.34. The van der Waals surface area contributed by atoms with Crippen molar-refractivity contribution in [2.24, 2.45) is 0 Å². The highest BCUT2D eigenvalue weighted by Gasteiger charge is 2.42. The van der Waals surface area contributed by atoms with Crippen LogP contribution in [0.2, 0.25) is 0 Å². The molecule has 3 aromatic rings. The van der Waals surface area contributed by atoms with E-state index in [1.807, 2.05) is 50.2 Å². The molecule has 0 saturated carbocycles. The molecule has 0 aliphatic carbocycles. The van der Waals surface area contributed by atoms with Crippen molar-refractivity contribution in [1.82, 2.24) is 4.98 Å². The maximum Gasteiger partial charge on any atom is 0.563 e. The first-order valence-corrected chi connectivity index (χ1v) is 7.98. The summed E-state index contributed by atoms with van der Waals surface area (Å²) >= 11 is 0. The van der Waals surface area contributed by atoms with E-state index in [0.29, 0.717) is 18.1 Å². The standard InChI is InChI=1S/C19H18BNO3/c1-13-19(2,3)24-20(23-13)15-9-10-16-17(12-15)22-18(21-16)11-14-7-5-4-6-8-14/h4-10,12H,1,11H2,2-3H3. The Hall–Kier alpha value is -2.53. The average Bonchev–Trinajstić information content (AvgIpc) is 3.07. The van der Waals surface area contributed by atoms with Crippen LogP contribution in [0.15, 0.2) is 65.3 Å². The lowest BCUT2D eigenvalue weighted by molar-refractivity contribution is 0.173. The van der Waals surface area contributed by atoms with E-state index < -0.39 is 12.7 Å². The van der Waals surface area contributed by atoms with Crippen LogP contribution in [0.4, 0.5) is 0 Å². The van der Waals surface area contributed by atoms with E-state index in [1.54, 1.807) is 0 Å². The Morgan fingerprint density at radius 3 is 2.62 bits per heavy atom. The van der Waals surface area contributed by atoms with Gasteiger partial charge in [-0.2, -0.15) is 0 Å². The van der Waals surface area contributed by atoms with Crippen LogP contribution in [0.1, 0.15) is 25.3 Å². The second-order valence-electron chi connectivity index (χ2n) is 6.50. The van der Waals surface area contributed by atoms with Crippen LogP contribution < -0.4 is 5.46 Å². The molecule has 0 N–H and O–H groups in total. The van der Waals surface area contributed by atoms with Gasteiger partial charge in [-0.25, -0.2) is 4.98 Å². The van der Waals surface area contributed by atoms with Gasteiger partial charge in [0.1, 0.15) is 11.1 Å². The molecule has 120 valence electrons. The minimum atomic E-state index is -0.487. The van der Waals surface area contributed by atoms with Crippen LogP contribution in [0.3, 0.4) is 0 Å². The number of aromatic nitrogens is 1. The quantitative estimate of drug-likeness (QED) is 0.694. The van der Waals surface area contributed by atoms with Crippen LogP contribution in [-0.4, -0.2) is 17.7 Å². The van der Waals surface area contributed by atoms with Gasteiger partial charge in [-0.3, -0.25) is 0 Å². The van der Waals surface area contributed by atoms with Gasteiger partial charge in [0.05, 0.1) is 5.76 Å². The lowest BCUT2D eigenvalue weighted by Gasteiger charge is -2.15. The number of fused-ring (bicyclic) bond motifs is 1. The lowest BCUT2D eigenvalue weighted by atomic mass is 9.79. The van der Waals surface area contributed by atoms with E-state index in [-0.39, 0.29) is 0 Å². The molecule has 4 rings (SSSR count). The molecule has 0 spiro atoms. The van der Waals surface area contributed by atoms with Crippen molar-refractivity contribution >= 4 is 23.7 Å². The van der Waals surface area contributed by atoms with Crippen LogP contribution >= 0.6 is 0 Å². The third kappa shape index (κ3) is 2.72. The first-order chi connectivity index (χ1) is 11.5. The molecular formula is C19H18BNO3. The molecule has 0 bridgehead atoms. The molecule has 1 aliphatic heterocycles. The zero-order chi connectivity index (χ0) is 16.7. The van der Waals surface area contributed by atoms with Crippen LogP contribution in [0.25, 0.3) is 11.1 Å². The molecule has 1 fully saturated rings. The van der Waals surface area contributed by atoms with Gasteiger partial charge in [-0.05, 0) is 31.5 Å². The minimum absolute atomic E-state index is 0.459. The monoisotopic (exact) mass is 319 g/mol. The predicted octanol–water partition coefficient (Wildman–Crippen LogP) is 3.45. The number of hydrogen-bond acceptors (Lipinski definition) is 4. The van der Waals surface area contributed by atoms with Crippen molar-refractivity contribution < 1.29 is 13.7 Å². The smallest absolute Gasteiger partial charge is 0.534 e. The highest BCUT2D eigenvalue weighted by Crippen LogP contribution is 2.29. The zero-order valence-electron chi connectivity index (χ0n) is 13.8. The van der Waals surface area contributed by atoms with Crippen LogP contribution in [0, 0.1) is 0 Å². The first kappa shape index (κ1) is 15.0. The van der Waals surface area contributed by atoms with Crippen molar-refractivity contribution in [3.8, 4) is 0 Å². The summed E-state index contributed by atoms with van der Waals surface area (Å²) in [7, 11) is -0.459. The van der Waals surface area contributed by atoms with E-state index in [2.05, 4.69) is 23.7 Å². The van der Waals surface area contributed by atoms with Gasteiger partial charge in [-0.1, -0.05) is 43.0 Å². The molecule has 2 aromatic carbocycles. The first-order valence-electron chi connectivity index (χ1n) is 7.98. The third-order valence-electron chi connectivity index (χ3n) is 4.25. The molecule has 0 atom stereocenters. The highest BCUT2D eigenvalue weighted by atomic mass is 16.7. The maximum atomic E-state index is 5.91. The molecule has 5 heteroatoms. The summed E-state index contributed by atoms with van der Waals surface area (Å²) in [5, 5.41) is 0. The molecule has 1 aliphatic rings. The number of nitrogens with zero attached hydrogens (tertiary/aromatic N) is 1. The van der Waals surface area contributed by atoms with Gasteiger partial charge < -0.3 is 13.7 Å². The Kier molecular flexibility index (Phi) is 3.46. The second kappa shape index (κ2) is 5.53. The molecular weight excluding hydrogens is 301 g/mol. The second-order valence-corrected chi connectivity index (χ2v) is 6.50. The largest absolute Gasteiger partial charge is 0.563 e. The average molecular weight is 319 g/mol. The minimum Gasteiger partial charge on any atom is -0.534 e. The van der Waals surface area contributed by atoms with Gasteiger partial charge >= 0.3 is 7.12 Å². The summed E-state index contributed by atoms with van der Waals surface area (Å²) in [5.41, 5.74) is 3.16. The number of oxazole rings is 1. The Balaban J connectivity index is 1.61. The summed E-state index contributed by atoms with van der Waals surface area (Å²) < 4.78 is 17.6. The van der Waals surface area contributed by atoms with Crippen LogP contribution in [-0.2, 0) is 15.7 Å². The zero-order valence-corrected chi connectivity index (χ0v) is 13.8. The van der Waals surface area contributed by atoms with Crippen LogP contribution in [0.5, 0.6) is 0 Å².